The molecule has 0 N–H and O–H groups in total. The van der Waals surface area contributed by atoms with Crippen LogP contribution in [-0.4, -0.2) is 16.6 Å². The molecule has 164 valence electrons. The van der Waals surface area contributed by atoms with Crippen LogP contribution in [0.2, 0.25) is 0 Å². The van der Waals surface area contributed by atoms with Crippen LogP contribution in [0.25, 0.3) is 11.4 Å². The number of unbranched alkanes of at least 4 members (excludes halogenated alkanes) is 2. The highest BCUT2D eigenvalue weighted by Crippen LogP contribution is 2.33. The highest BCUT2D eigenvalue weighted by molar-refractivity contribution is 5.55. The second-order valence-electron chi connectivity index (χ2n) is 9.06. The fraction of sp³-hybridized carbons (Fsp3) is 0.630. The van der Waals surface area contributed by atoms with E-state index in [1.54, 1.807) is 0 Å². The number of aryl methyl sites for hydroxylation is 1. The minimum absolute atomic E-state index is 0.791. The van der Waals surface area contributed by atoms with E-state index in [-0.39, 0.29) is 0 Å². The molecule has 0 aliphatic heterocycles. The Kier molecular flexibility index (Phi) is 9.66. The SMILES string of the molecule is CCCCCc1cnc(-c2ccc(OCCC[C@H]3CC[C@H](CCC)CC3)cc2)nc1. The monoisotopic (exact) mass is 408 g/mol. The maximum atomic E-state index is 5.98. The van der Waals surface area contributed by atoms with Crippen LogP contribution in [0.15, 0.2) is 36.7 Å². The summed E-state index contributed by atoms with van der Waals surface area (Å²) in [5.41, 5.74) is 2.28. The van der Waals surface area contributed by atoms with Crippen LogP contribution in [0.4, 0.5) is 0 Å². The van der Waals surface area contributed by atoms with E-state index in [2.05, 4.69) is 35.9 Å². The van der Waals surface area contributed by atoms with E-state index in [4.69, 9.17) is 4.74 Å². The van der Waals surface area contributed by atoms with Crippen LogP contribution in [0, 0.1) is 11.8 Å². The maximum absolute atomic E-state index is 5.98. The first kappa shape index (κ1) is 22.8. The van der Waals surface area contributed by atoms with Crippen molar-refractivity contribution in [3.8, 4) is 17.1 Å². The second kappa shape index (κ2) is 12.7. The van der Waals surface area contributed by atoms with Gasteiger partial charge in [-0.05, 0) is 67.3 Å². The molecule has 1 aromatic heterocycles. The molecular weight excluding hydrogens is 368 g/mol. The molecule has 1 aliphatic rings. The van der Waals surface area contributed by atoms with Gasteiger partial charge in [0.25, 0.3) is 0 Å². The normalized spacial score (nSPS) is 19.0. The molecule has 0 bridgehead atoms. The summed E-state index contributed by atoms with van der Waals surface area (Å²) in [6.07, 6.45) is 19.7. The summed E-state index contributed by atoms with van der Waals surface area (Å²) in [5, 5.41) is 0. The van der Waals surface area contributed by atoms with E-state index < -0.39 is 0 Å². The third-order valence-corrected chi connectivity index (χ3v) is 6.58. The average Bonchev–Trinajstić information content (AvgIpc) is 2.79. The van der Waals surface area contributed by atoms with E-state index in [0.717, 1.165) is 48.4 Å². The van der Waals surface area contributed by atoms with Gasteiger partial charge in [-0.1, -0.05) is 65.2 Å². The molecule has 30 heavy (non-hydrogen) atoms. The zero-order chi connectivity index (χ0) is 21.0. The van der Waals surface area contributed by atoms with Crippen molar-refractivity contribution in [3.05, 3.63) is 42.2 Å². The van der Waals surface area contributed by atoms with E-state index >= 15 is 0 Å². The van der Waals surface area contributed by atoms with Gasteiger partial charge in [-0.3, -0.25) is 0 Å². The van der Waals surface area contributed by atoms with Crippen LogP contribution in [0.1, 0.15) is 90.0 Å². The minimum Gasteiger partial charge on any atom is -0.494 e. The van der Waals surface area contributed by atoms with E-state index in [0.29, 0.717) is 0 Å². The highest BCUT2D eigenvalue weighted by Gasteiger charge is 2.20. The lowest BCUT2D eigenvalue weighted by Crippen LogP contribution is -2.15. The molecule has 1 aliphatic carbocycles. The zero-order valence-corrected chi connectivity index (χ0v) is 19.1. The van der Waals surface area contributed by atoms with Gasteiger partial charge >= 0.3 is 0 Å². The summed E-state index contributed by atoms with van der Waals surface area (Å²) >= 11 is 0. The predicted octanol–water partition coefficient (Wildman–Crippen LogP) is 7.64. The predicted molar refractivity (Wildman–Crippen MR) is 126 cm³/mol. The number of hydrogen-bond acceptors (Lipinski definition) is 3. The Hall–Kier alpha value is -1.90. The largest absolute Gasteiger partial charge is 0.494 e. The lowest BCUT2D eigenvalue weighted by atomic mass is 9.78. The first-order valence-corrected chi connectivity index (χ1v) is 12.3. The first-order valence-electron chi connectivity index (χ1n) is 12.3. The number of rotatable bonds is 12. The summed E-state index contributed by atoms with van der Waals surface area (Å²) in [6, 6.07) is 8.22. The van der Waals surface area contributed by atoms with Gasteiger partial charge in [0, 0.05) is 18.0 Å². The van der Waals surface area contributed by atoms with Crippen LogP contribution in [-0.2, 0) is 6.42 Å². The van der Waals surface area contributed by atoms with Crippen molar-refractivity contribution in [1.82, 2.24) is 9.97 Å². The highest BCUT2D eigenvalue weighted by atomic mass is 16.5. The van der Waals surface area contributed by atoms with Gasteiger partial charge in [0.1, 0.15) is 5.75 Å². The van der Waals surface area contributed by atoms with Crippen molar-refractivity contribution >= 4 is 0 Å². The Morgan fingerprint density at radius 2 is 1.47 bits per heavy atom. The van der Waals surface area contributed by atoms with Crippen LogP contribution in [0.5, 0.6) is 5.75 Å². The van der Waals surface area contributed by atoms with Gasteiger partial charge in [-0.15, -0.1) is 0 Å². The van der Waals surface area contributed by atoms with Crippen molar-refractivity contribution in [3.63, 3.8) is 0 Å². The van der Waals surface area contributed by atoms with Crippen LogP contribution >= 0.6 is 0 Å². The van der Waals surface area contributed by atoms with Crippen molar-refractivity contribution in [2.45, 2.75) is 90.9 Å². The molecule has 1 heterocycles. The zero-order valence-electron chi connectivity index (χ0n) is 19.1. The van der Waals surface area contributed by atoms with Crippen molar-refractivity contribution in [1.29, 1.82) is 0 Å². The third kappa shape index (κ3) is 7.41. The van der Waals surface area contributed by atoms with Gasteiger partial charge in [0.2, 0.25) is 0 Å². The quantitative estimate of drug-likeness (QED) is 0.338. The minimum atomic E-state index is 0.791. The molecule has 1 fully saturated rings. The molecule has 3 heteroatoms. The number of aromatic nitrogens is 2. The maximum Gasteiger partial charge on any atom is 0.159 e. The fourth-order valence-corrected chi connectivity index (χ4v) is 4.69. The van der Waals surface area contributed by atoms with Gasteiger partial charge in [0.05, 0.1) is 6.61 Å². The number of hydrogen-bond donors (Lipinski definition) is 0. The Morgan fingerprint density at radius 3 is 2.10 bits per heavy atom. The van der Waals surface area contributed by atoms with Crippen molar-refractivity contribution < 1.29 is 4.74 Å². The lowest BCUT2D eigenvalue weighted by Gasteiger charge is -2.28. The molecule has 0 saturated heterocycles. The Balaban J connectivity index is 1.36. The average molecular weight is 409 g/mol. The molecule has 0 spiro atoms. The standard InChI is InChI=1S/C27H40N2O/c1-3-5-6-9-24-20-28-27(29-21-24)25-15-17-26(18-16-25)30-19-7-10-23-13-11-22(8-4-2)12-14-23/h15-18,20-23H,3-14,19H2,1-2H3/t22-,23-. The summed E-state index contributed by atoms with van der Waals surface area (Å²) in [6.45, 7) is 5.36. The van der Waals surface area contributed by atoms with Gasteiger partial charge in [-0.2, -0.15) is 0 Å². The first-order chi connectivity index (χ1) is 14.8. The summed E-state index contributed by atoms with van der Waals surface area (Å²) in [5.74, 6) is 3.66. The van der Waals surface area contributed by atoms with E-state index in [1.807, 2.05) is 24.5 Å². The summed E-state index contributed by atoms with van der Waals surface area (Å²) < 4.78 is 5.98. The molecule has 3 nitrogen and oxygen atoms in total. The summed E-state index contributed by atoms with van der Waals surface area (Å²) in [7, 11) is 0. The topological polar surface area (TPSA) is 35.0 Å². The van der Waals surface area contributed by atoms with Crippen molar-refractivity contribution in [2.24, 2.45) is 11.8 Å². The molecule has 0 amide bonds. The summed E-state index contributed by atoms with van der Waals surface area (Å²) in [4.78, 5) is 9.10. The van der Waals surface area contributed by atoms with Crippen LogP contribution < -0.4 is 4.74 Å². The second-order valence-corrected chi connectivity index (χ2v) is 9.06. The molecular formula is C27H40N2O. The van der Waals surface area contributed by atoms with Crippen LogP contribution in [0.3, 0.4) is 0 Å². The van der Waals surface area contributed by atoms with Gasteiger partial charge in [-0.25, -0.2) is 9.97 Å². The molecule has 1 aromatic carbocycles. The lowest BCUT2D eigenvalue weighted by molar-refractivity contribution is 0.230. The van der Waals surface area contributed by atoms with E-state index in [1.165, 1.54) is 69.8 Å². The van der Waals surface area contributed by atoms with E-state index in [9.17, 15) is 0 Å². The molecule has 1 saturated carbocycles. The molecule has 0 radical (unpaired) electrons. The van der Waals surface area contributed by atoms with Gasteiger partial charge < -0.3 is 4.74 Å². The molecule has 2 aromatic rings. The Bertz CT molecular complexity index is 703. The fourth-order valence-electron chi connectivity index (χ4n) is 4.69. The smallest absolute Gasteiger partial charge is 0.159 e. The Morgan fingerprint density at radius 1 is 0.800 bits per heavy atom. The Labute approximate surface area is 183 Å². The van der Waals surface area contributed by atoms with Crippen molar-refractivity contribution in [2.75, 3.05) is 6.61 Å². The number of nitrogens with zero attached hydrogens (tertiary/aromatic N) is 2. The third-order valence-electron chi connectivity index (χ3n) is 6.58. The molecule has 3 rings (SSSR count). The van der Waals surface area contributed by atoms with Gasteiger partial charge in [0.15, 0.2) is 5.82 Å². The number of benzene rings is 1. The molecule has 0 atom stereocenters. The number of ether oxygens (including phenoxy) is 1. The molecule has 0 unspecified atom stereocenters.